The van der Waals surface area contributed by atoms with Crippen molar-refractivity contribution >= 4 is 21.7 Å². The van der Waals surface area contributed by atoms with Crippen LogP contribution in [0, 0.1) is 5.92 Å². The first-order valence-corrected chi connectivity index (χ1v) is 8.41. The molecular formula is C14H20N2O4S. The Balaban J connectivity index is 2.04. The molecule has 1 aromatic rings. The van der Waals surface area contributed by atoms with E-state index in [0.717, 1.165) is 0 Å². The van der Waals surface area contributed by atoms with E-state index in [2.05, 4.69) is 0 Å². The molecule has 1 aliphatic rings. The summed E-state index contributed by atoms with van der Waals surface area (Å²) in [6, 6.07) is 6.14. The molecule has 6 nitrogen and oxygen atoms in total. The van der Waals surface area contributed by atoms with Gasteiger partial charge in [0.05, 0.1) is 17.4 Å². The Kier molecular flexibility index (Phi) is 4.84. The van der Waals surface area contributed by atoms with Gasteiger partial charge in [-0.3, -0.25) is 4.79 Å². The van der Waals surface area contributed by atoms with Gasteiger partial charge >= 0.3 is 5.97 Å². The van der Waals surface area contributed by atoms with Crippen LogP contribution in [0.1, 0.15) is 19.8 Å². The Morgan fingerprint density at radius 3 is 2.38 bits per heavy atom. The van der Waals surface area contributed by atoms with Crippen LogP contribution in [0.4, 0.5) is 5.69 Å². The lowest BCUT2D eigenvalue weighted by Gasteiger charge is -2.30. The zero-order chi connectivity index (χ0) is 15.5. The molecule has 0 aliphatic carbocycles. The molecule has 1 aliphatic heterocycles. The van der Waals surface area contributed by atoms with Gasteiger partial charge in [-0.1, -0.05) is 0 Å². The lowest BCUT2D eigenvalue weighted by Crippen LogP contribution is -2.40. The van der Waals surface area contributed by atoms with Gasteiger partial charge in [-0.2, -0.15) is 4.31 Å². The van der Waals surface area contributed by atoms with Crippen LogP contribution >= 0.6 is 0 Å². The number of nitrogens with two attached hydrogens (primary N) is 1. The molecule has 116 valence electrons. The van der Waals surface area contributed by atoms with Crippen LogP contribution in [0.25, 0.3) is 0 Å². The summed E-state index contributed by atoms with van der Waals surface area (Å²) >= 11 is 0. The van der Waals surface area contributed by atoms with Crippen LogP contribution in [0.5, 0.6) is 0 Å². The highest BCUT2D eigenvalue weighted by Crippen LogP contribution is 2.25. The van der Waals surface area contributed by atoms with E-state index in [9.17, 15) is 13.2 Å². The van der Waals surface area contributed by atoms with Crippen LogP contribution in [-0.4, -0.2) is 38.4 Å². The molecule has 1 aromatic carbocycles. The monoisotopic (exact) mass is 312 g/mol. The predicted molar refractivity (Wildman–Crippen MR) is 79.0 cm³/mol. The molecule has 1 fully saturated rings. The largest absolute Gasteiger partial charge is 0.466 e. The third-order valence-electron chi connectivity index (χ3n) is 3.59. The molecule has 21 heavy (non-hydrogen) atoms. The molecule has 0 amide bonds. The summed E-state index contributed by atoms with van der Waals surface area (Å²) < 4.78 is 31.3. The second-order valence-electron chi connectivity index (χ2n) is 5.00. The number of nitrogens with zero attached hydrogens (tertiary/aromatic N) is 1. The molecule has 0 atom stereocenters. The number of ether oxygens (including phenoxy) is 1. The second-order valence-corrected chi connectivity index (χ2v) is 6.94. The Hall–Kier alpha value is -1.60. The van der Waals surface area contributed by atoms with E-state index in [1.807, 2.05) is 0 Å². The lowest BCUT2D eigenvalue weighted by atomic mass is 9.98. The third-order valence-corrected chi connectivity index (χ3v) is 5.50. The van der Waals surface area contributed by atoms with Crippen molar-refractivity contribution in [3.8, 4) is 0 Å². The van der Waals surface area contributed by atoms with Crippen molar-refractivity contribution in [2.45, 2.75) is 24.7 Å². The molecule has 2 N–H and O–H groups in total. The van der Waals surface area contributed by atoms with Crippen molar-refractivity contribution in [2.24, 2.45) is 5.92 Å². The topological polar surface area (TPSA) is 89.7 Å². The molecule has 0 unspecified atom stereocenters. The van der Waals surface area contributed by atoms with Crippen molar-refractivity contribution in [3.05, 3.63) is 24.3 Å². The SMILES string of the molecule is CCOC(=O)C1CCN(S(=O)(=O)c2ccc(N)cc2)CC1. The van der Waals surface area contributed by atoms with Gasteiger partial charge < -0.3 is 10.5 Å². The number of hydrogen-bond acceptors (Lipinski definition) is 5. The molecule has 7 heteroatoms. The Bertz CT molecular complexity index is 590. The molecular weight excluding hydrogens is 292 g/mol. The highest BCUT2D eigenvalue weighted by Gasteiger charge is 2.32. The number of anilines is 1. The number of rotatable bonds is 4. The van der Waals surface area contributed by atoms with Crippen molar-refractivity contribution in [1.82, 2.24) is 4.31 Å². The fourth-order valence-electron chi connectivity index (χ4n) is 2.38. The maximum absolute atomic E-state index is 12.5. The van der Waals surface area contributed by atoms with Gasteiger partial charge in [-0.15, -0.1) is 0 Å². The first-order chi connectivity index (χ1) is 9.95. The maximum atomic E-state index is 12.5. The summed E-state index contributed by atoms with van der Waals surface area (Å²) in [6.45, 7) is 2.77. The number of carbonyl (C=O) groups excluding carboxylic acids is 1. The molecule has 0 bridgehead atoms. The smallest absolute Gasteiger partial charge is 0.309 e. The van der Waals surface area contributed by atoms with E-state index in [1.54, 1.807) is 19.1 Å². The fourth-order valence-corrected chi connectivity index (χ4v) is 3.85. The van der Waals surface area contributed by atoms with Crippen LogP contribution in [0.3, 0.4) is 0 Å². The van der Waals surface area contributed by atoms with Gasteiger partial charge in [0, 0.05) is 18.8 Å². The Morgan fingerprint density at radius 1 is 1.29 bits per heavy atom. The minimum atomic E-state index is -3.51. The van der Waals surface area contributed by atoms with Crippen molar-refractivity contribution < 1.29 is 17.9 Å². The molecule has 0 saturated carbocycles. The van der Waals surface area contributed by atoms with Crippen LogP contribution in [-0.2, 0) is 19.6 Å². The maximum Gasteiger partial charge on any atom is 0.309 e. The normalized spacial score (nSPS) is 17.6. The average Bonchev–Trinajstić information content (AvgIpc) is 2.48. The molecule has 1 saturated heterocycles. The van der Waals surface area contributed by atoms with Crippen LogP contribution < -0.4 is 5.73 Å². The van der Waals surface area contributed by atoms with Gasteiger partial charge in [0.1, 0.15) is 0 Å². The number of esters is 1. The van der Waals surface area contributed by atoms with E-state index in [1.165, 1.54) is 16.4 Å². The van der Waals surface area contributed by atoms with E-state index >= 15 is 0 Å². The number of sulfonamides is 1. The van der Waals surface area contributed by atoms with Crippen LogP contribution in [0.2, 0.25) is 0 Å². The van der Waals surface area contributed by atoms with E-state index in [4.69, 9.17) is 10.5 Å². The first-order valence-electron chi connectivity index (χ1n) is 6.97. The summed E-state index contributed by atoms with van der Waals surface area (Å²) in [5.41, 5.74) is 6.09. The minimum absolute atomic E-state index is 0.206. The van der Waals surface area contributed by atoms with Crippen molar-refractivity contribution in [3.63, 3.8) is 0 Å². The zero-order valence-electron chi connectivity index (χ0n) is 12.0. The standard InChI is InChI=1S/C14H20N2O4S/c1-2-20-14(17)11-7-9-16(10-8-11)21(18,19)13-5-3-12(15)4-6-13/h3-6,11H,2,7-10,15H2,1H3. The Morgan fingerprint density at radius 2 is 1.86 bits per heavy atom. The number of hydrogen-bond donors (Lipinski definition) is 1. The molecule has 0 aromatic heterocycles. The highest BCUT2D eigenvalue weighted by atomic mass is 32.2. The first kappa shape index (κ1) is 15.8. The molecule has 0 radical (unpaired) electrons. The molecule has 0 spiro atoms. The van der Waals surface area contributed by atoms with E-state index in [-0.39, 0.29) is 16.8 Å². The Labute approximate surface area is 124 Å². The molecule has 1 heterocycles. The fraction of sp³-hybridized carbons (Fsp3) is 0.500. The van der Waals surface area contributed by atoms with Crippen LogP contribution in [0.15, 0.2) is 29.2 Å². The summed E-state index contributed by atoms with van der Waals surface area (Å²) in [7, 11) is -3.51. The summed E-state index contributed by atoms with van der Waals surface area (Å²) in [5, 5.41) is 0. The summed E-state index contributed by atoms with van der Waals surface area (Å²) in [4.78, 5) is 11.9. The lowest BCUT2D eigenvalue weighted by molar-refractivity contribution is -0.149. The van der Waals surface area contributed by atoms with Gasteiger partial charge in [0.25, 0.3) is 0 Å². The van der Waals surface area contributed by atoms with Gasteiger partial charge in [-0.25, -0.2) is 8.42 Å². The van der Waals surface area contributed by atoms with E-state index in [0.29, 0.717) is 38.2 Å². The average molecular weight is 312 g/mol. The predicted octanol–water partition coefficient (Wildman–Crippen LogP) is 1.23. The van der Waals surface area contributed by atoms with Crippen molar-refractivity contribution in [2.75, 3.05) is 25.4 Å². The minimum Gasteiger partial charge on any atom is -0.466 e. The quantitative estimate of drug-likeness (QED) is 0.667. The van der Waals surface area contributed by atoms with Gasteiger partial charge in [0.2, 0.25) is 10.0 Å². The number of carbonyl (C=O) groups is 1. The van der Waals surface area contributed by atoms with E-state index < -0.39 is 10.0 Å². The second kappa shape index (κ2) is 6.44. The number of piperidine rings is 1. The molecule has 2 rings (SSSR count). The van der Waals surface area contributed by atoms with Gasteiger partial charge in [0.15, 0.2) is 0 Å². The van der Waals surface area contributed by atoms with Gasteiger partial charge in [-0.05, 0) is 44.0 Å². The number of benzene rings is 1. The third kappa shape index (κ3) is 3.54. The van der Waals surface area contributed by atoms with Crippen molar-refractivity contribution in [1.29, 1.82) is 0 Å². The number of nitrogen functional groups attached to an aromatic ring is 1. The summed E-state index contributed by atoms with van der Waals surface area (Å²) in [5.74, 6) is -0.440. The highest BCUT2D eigenvalue weighted by molar-refractivity contribution is 7.89. The zero-order valence-corrected chi connectivity index (χ0v) is 12.8. The summed E-state index contributed by atoms with van der Waals surface area (Å²) in [6.07, 6.45) is 0.986.